The molecule has 2 aliphatic rings. The lowest BCUT2D eigenvalue weighted by Crippen LogP contribution is -2.32. The maximum atomic E-state index is 11.3. The number of H-pyrrole nitrogens is 1. The maximum absolute atomic E-state index is 11.3. The number of rotatable bonds is 8. The number of carbonyl (C=O) groups excluding carboxylic acids is 1. The van der Waals surface area contributed by atoms with E-state index in [1.807, 2.05) is 36.4 Å². The van der Waals surface area contributed by atoms with Gasteiger partial charge in [0.15, 0.2) is 29.0 Å². The van der Waals surface area contributed by atoms with Crippen LogP contribution >= 0.6 is 0 Å². The predicted molar refractivity (Wildman–Crippen MR) is 151 cm³/mol. The molecule has 42 heavy (non-hydrogen) atoms. The van der Waals surface area contributed by atoms with Crippen molar-refractivity contribution >= 4 is 33.8 Å². The van der Waals surface area contributed by atoms with Gasteiger partial charge >= 0.3 is 0 Å². The van der Waals surface area contributed by atoms with Gasteiger partial charge in [-0.2, -0.15) is 5.10 Å². The number of nitrogens with zero attached hydrogens (tertiary/aromatic N) is 6. The molecule has 0 saturated carbocycles. The van der Waals surface area contributed by atoms with Crippen LogP contribution in [0.3, 0.4) is 0 Å². The first-order valence-electron chi connectivity index (χ1n) is 13.7. The second kappa shape index (κ2) is 10.7. The van der Waals surface area contributed by atoms with Gasteiger partial charge in [0.05, 0.1) is 42.5 Å². The van der Waals surface area contributed by atoms with E-state index in [2.05, 4.69) is 20.5 Å². The molecule has 2 saturated heterocycles. The van der Waals surface area contributed by atoms with Crippen LogP contribution in [-0.2, 0) is 14.3 Å². The van der Waals surface area contributed by atoms with Crippen LogP contribution < -0.4 is 11.1 Å². The van der Waals surface area contributed by atoms with E-state index in [4.69, 9.17) is 30.2 Å². The highest BCUT2D eigenvalue weighted by Gasteiger charge is 2.44. The monoisotopic (exact) mass is 571 g/mol. The maximum Gasteiger partial charge on any atom is 0.217 e. The molecule has 0 spiro atoms. The first kappa shape index (κ1) is 26.4. The molecule has 0 unspecified atom stereocenters. The van der Waals surface area contributed by atoms with E-state index >= 15 is 0 Å². The Morgan fingerprint density at radius 1 is 1.14 bits per heavy atom. The molecule has 6 heterocycles. The molecule has 1 amide bonds. The lowest BCUT2D eigenvalue weighted by Gasteiger charge is -2.18. The van der Waals surface area contributed by atoms with Gasteiger partial charge in [0.25, 0.3) is 0 Å². The molecule has 0 radical (unpaired) electrons. The standard InChI is InChI=1S/C28H29N9O5/c29-20(38)8-7-19-23(39)24(40)28(42-19)37-13-30-22-26(32-15-9-10-41-12-15)34-25(35-27(22)37)21-16(11-31-36-21)18-6-5-14-3-1-2-4-17(14)33-18/h1-6,11,13,15,19,23-24,28,39-40H,7-10,12H2,(H2,29,38)(H,31,36)(H,32,34,35)/t15-,19+,23+,24+,28-/m1/s1. The first-order chi connectivity index (χ1) is 20.5. The van der Waals surface area contributed by atoms with Gasteiger partial charge in [-0.05, 0) is 25.0 Å². The zero-order chi connectivity index (χ0) is 28.8. The molecular weight excluding hydrogens is 542 g/mol. The molecule has 14 nitrogen and oxygen atoms in total. The van der Waals surface area contributed by atoms with Gasteiger partial charge in [-0.25, -0.2) is 19.9 Å². The number of aliphatic hydroxyl groups excluding tert-OH is 2. The van der Waals surface area contributed by atoms with Gasteiger partial charge in [-0.3, -0.25) is 14.5 Å². The van der Waals surface area contributed by atoms with Gasteiger partial charge in [0.2, 0.25) is 5.91 Å². The van der Waals surface area contributed by atoms with Crippen molar-refractivity contribution in [2.75, 3.05) is 18.5 Å². The molecular formula is C28H29N9O5. The number of primary amides is 1. The third-order valence-corrected chi connectivity index (χ3v) is 7.72. The van der Waals surface area contributed by atoms with Crippen LogP contribution in [-0.4, -0.2) is 88.4 Å². The van der Waals surface area contributed by atoms with Crippen molar-refractivity contribution in [1.29, 1.82) is 0 Å². The molecule has 216 valence electrons. The van der Waals surface area contributed by atoms with Gasteiger partial charge in [-0.15, -0.1) is 0 Å². The lowest BCUT2D eigenvalue weighted by atomic mass is 10.1. The summed E-state index contributed by atoms with van der Waals surface area (Å²) in [6.07, 6.45) is -0.144. The molecule has 7 rings (SSSR count). The number of anilines is 1. The smallest absolute Gasteiger partial charge is 0.217 e. The van der Waals surface area contributed by atoms with E-state index in [0.717, 1.165) is 17.3 Å². The minimum Gasteiger partial charge on any atom is -0.388 e. The van der Waals surface area contributed by atoms with E-state index in [9.17, 15) is 15.0 Å². The number of nitrogens with two attached hydrogens (primary N) is 1. The summed E-state index contributed by atoms with van der Waals surface area (Å²) in [4.78, 5) is 30.4. The van der Waals surface area contributed by atoms with Crippen LogP contribution in [0.25, 0.3) is 44.8 Å². The fraction of sp³-hybridized carbons (Fsp3) is 0.357. The number of aromatic nitrogens is 7. The lowest BCUT2D eigenvalue weighted by molar-refractivity contribution is -0.119. The summed E-state index contributed by atoms with van der Waals surface area (Å²) in [5, 5.41) is 33.3. The Labute approximate surface area is 238 Å². The molecule has 5 atom stereocenters. The fourth-order valence-electron chi connectivity index (χ4n) is 5.51. The summed E-state index contributed by atoms with van der Waals surface area (Å²) in [5.41, 5.74) is 8.92. The normalized spacial score (nSPS) is 24.1. The minimum atomic E-state index is -1.29. The predicted octanol–water partition coefficient (Wildman–Crippen LogP) is 1.52. The highest BCUT2D eigenvalue weighted by molar-refractivity contribution is 5.88. The number of aromatic amines is 1. The van der Waals surface area contributed by atoms with Gasteiger partial charge < -0.3 is 30.7 Å². The average Bonchev–Trinajstić information content (AvgIpc) is 3.80. The Morgan fingerprint density at radius 2 is 2.02 bits per heavy atom. The molecule has 1 aromatic carbocycles. The third kappa shape index (κ3) is 4.73. The van der Waals surface area contributed by atoms with Gasteiger partial charge in [-0.1, -0.05) is 24.3 Å². The van der Waals surface area contributed by atoms with Crippen LogP contribution in [0.2, 0.25) is 0 Å². The van der Waals surface area contributed by atoms with E-state index in [1.54, 1.807) is 10.8 Å². The van der Waals surface area contributed by atoms with Crippen molar-refractivity contribution in [2.45, 2.75) is 49.8 Å². The van der Waals surface area contributed by atoms with E-state index in [1.165, 1.54) is 6.33 Å². The zero-order valence-electron chi connectivity index (χ0n) is 22.4. The molecule has 2 fully saturated rings. The number of fused-ring (bicyclic) bond motifs is 2. The van der Waals surface area contributed by atoms with Crippen molar-refractivity contribution in [3.05, 3.63) is 48.9 Å². The topological polar surface area (TPSA) is 199 Å². The number of benzene rings is 1. The first-order valence-corrected chi connectivity index (χ1v) is 13.7. The number of ether oxygens (including phenoxy) is 2. The van der Waals surface area contributed by atoms with Gasteiger partial charge in [0.1, 0.15) is 17.9 Å². The fourth-order valence-corrected chi connectivity index (χ4v) is 5.51. The number of aliphatic hydroxyl groups is 2. The summed E-state index contributed by atoms with van der Waals surface area (Å²) in [6, 6.07) is 11.8. The largest absolute Gasteiger partial charge is 0.388 e. The van der Waals surface area contributed by atoms with Crippen molar-refractivity contribution < 1.29 is 24.5 Å². The van der Waals surface area contributed by atoms with Crippen LogP contribution in [0, 0.1) is 0 Å². The number of hydrogen-bond donors (Lipinski definition) is 5. The molecule has 2 aliphatic heterocycles. The summed E-state index contributed by atoms with van der Waals surface area (Å²) >= 11 is 0. The van der Waals surface area contributed by atoms with Crippen molar-refractivity contribution in [3.8, 4) is 22.8 Å². The van der Waals surface area contributed by atoms with Crippen molar-refractivity contribution in [3.63, 3.8) is 0 Å². The average molecular weight is 572 g/mol. The van der Waals surface area contributed by atoms with Crippen LogP contribution in [0.5, 0.6) is 0 Å². The second-order valence-corrected chi connectivity index (χ2v) is 10.5. The summed E-state index contributed by atoms with van der Waals surface area (Å²) in [7, 11) is 0. The molecule has 6 N–H and O–H groups in total. The zero-order valence-corrected chi connectivity index (χ0v) is 22.4. The SMILES string of the molecule is NC(=O)CC[C@@H]1O[C@@H](n2cnc3c(N[C@@H]4CCOC4)nc(-c4[nH]ncc4-c4ccc5ccccc5n4)nc32)[C@@H](O)[C@H]1O. The molecule has 0 bridgehead atoms. The van der Waals surface area contributed by atoms with Gasteiger partial charge in [0, 0.05) is 24.0 Å². The van der Waals surface area contributed by atoms with Crippen LogP contribution in [0.4, 0.5) is 5.82 Å². The Kier molecular flexibility index (Phi) is 6.74. The number of para-hydroxylation sites is 1. The van der Waals surface area contributed by atoms with Crippen molar-refractivity contribution in [1.82, 2.24) is 34.7 Å². The molecule has 5 aromatic rings. The van der Waals surface area contributed by atoms with E-state index in [-0.39, 0.29) is 18.9 Å². The number of imidazole rings is 1. The number of hydrogen-bond acceptors (Lipinski definition) is 11. The number of carbonyl (C=O) groups is 1. The minimum absolute atomic E-state index is 0.0150. The number of pyridine rings is 1. The second-order valence-electron chi connectivity index (χ2n) is 10.5. The molecule has 0 aliphatic carbocycles. The van der Waals surface area contributed by atoms with Crippen molar-refractivity contribution in [2.24, 2.45) is 5.73 Å². The Hall–Kier alpha value is -4.50. The third-order valence-electron chi connectivity index (χ3n) is 7.72. The van der Waals surface area contributed by atoms with E-state index < -0.39 is 30.4 Å². The Bertz CT molecular complexity index is 1770. The summed E-state index contributed by atoms with van der Waals surface area (Å²) in [6.45, 7) is 1.16. The molecule has 14 heteroatoms. The Morgan fingerprint density at radius 3 is 2.86 bits per heavy atom. The van der Waals surface area contributed by atoms with Crippen LogP contribution in [0.15, 0.2) is 48.9 Å². The van der Waals surface area contributed by atoms with E-state index in [0.29, 0.717) is 53.0 Å². The molecule has 4 aromatic heterocycles. The number of amides is 1. The van der Waals surface area contributed by atoms with Crippen LogP contribution in [0.1, 0.15) is 25.5 Å². The highest BCUT2D eigenvalue weighted by Crippen LogP contribution is 2.36. The number of nitrogens with one attached hydrogen (secondary N) is 2. The summed E-state index contributed by atoms with van der Waals surface area (Å²) < 4.78 is 13.1. The quantitative estimate of drug-likeness (QED) is 0.181. The summed E-state index contributed by atoms with van der Waals surface area (Å²) in [5.74, 6) is 0.290. The Balaban J connectivity index is 1.31. The highest BCUT2D eigenvalue weighted by atomic mass is 16.6.